The number of hydrogen-bond acceptors (Lipinski definition) is 5. The topological polar surface area (TPSA) is 79.7 Å². The average Bonchev–Trinajstić information content (AvgIpc) is 3.06. The van der Waals surface area contributed by atoms with E-state index in [1.165, 1.54) is 12.0 Å². The van der Waals surface area contributed by atoms with Gasteiger partial charge in [0.1, 0.15) is 11.5 Å². The Kier molecular flexibility index (Phi) is 5.61. The van der Waals surface area contributed by atoms with Crippen LogP contribution in [0.15, 0.2) is 77.0 Å². The molecule has 1 aromatic heterocycles. The number of hydrogen-bond donors (Lipinski definition) is 1. The van der Waals surface area contributed by atoms with Crippen LogP contribution >= 0.6 is 15.9 Å². The Morgan fingerprint density at radius 3 is 2.48 bits per heavy atom. The first-order valence-corrected chi connectivity index (χ1v) is 10.3. The summed E-state index contributed by atoms with van der Waals surface area (Å²) in [7, 11) is 1.50. The third-order valence-corrected chi connectivity index (χ3v) is 6.13. The maximum Gasteiger partial charge on any atom is 0.300 e. The molecule has 1 fully saturated rings. The van der Waals surface area contributed by atoms with Crippen LogP contribution in [0.1, 0.15) is 22.7 Å². The Balaban J connectivity index is 1.97. The highest BCUT2D eigenvalue weighted by Crippen LogP contribution is 2.44. The number of anilines is 1. The minimum atomic E-state index is -0.830. The number of ether oxygens (including phenoxy) is 1. The van der Waals surface area contributed by atoms with E-state index in [0.717, 1.165) is 10.0 Å². The first-order chi connectivity index (χ1) is 14.9. The van der Waals surface area contributed by atoms with Crippen LogP contribution < -0.4 is 9.64 Å². The summed E-state index contributed by atoms with van der Waals surface area (Å²) in [5, 5.41) is 11.2. The zero-order valence-electron chi connectivity index (χ0n) is 16.9. The van der Waals surface area contributed by atoms with E-state index < -0.39 is 17.7 Å². The number of halogens is 1. The van der Waals surface area contributed by atoms with Crippen molar-refractivity contribution in [3.63, 3.8) is 0 Å². The van der Waals surface area contributed by atoms with Crippen LogP contribution in [0.25, 0.3) is 5.76 Å². The van der Waals surface area contributed by atoms with Gasteiger partial charge in [-0.25, -0.2) is 0 Å². The van der Waals surface area contributed by atoms with Crippen molar-refractivity contribution in [1.29, 1.82) is 0 Å². The molecule has 0 aliphatic carbocycles. The maximum absolute atomic E-state index is 13.2. The average molecular weight is 479 g/mol. The highest BCUT2D eigenvalue weighted by molar-refractivity contribution is 9.10. The van der Waals surface area contributed by atoms with E-state index in [1.54, 1.807) is 67.0 Å². The number of amides is 1. The van der Waals surface area contributed by atoms with E-state index in [4.69, 9.17) is 4.74 Å². The van der Waals surface area contributed by atoms with Gasteiger partial charge in [-0.15, -0.1) is 0 Å². The number of ketones is 1. The van der Waals surface area contributed by atoms with E-state index in [2.05, 4.69) is 20.9 Å². The molecular formula is C24H19BrN2O4. The van der Waals surface area contributed by atoms with Crippen molar-refractivity contribution in [1.82, 2.24) is 4.98 Å². The molecule has 1 unspecified atom stereocenters. The number of aliphatic hydroxyl groups is 1. The smallest absolute Gasteiger partial charge is 0.300 e. The van der Waals surface area contributed by atoms with Crippen LogP contribution in [0.2, 0.25) is 0 Å². The van der Waals surface area contributed by atoms with Crippen LogP contribution in [0.3, 0.4) is 0 Å². The molecule has 1 aliphatic rings. The molecule has 156 valence electrons. The number of aryl methyl sites for hydroxylation is 1. The third kappa shape index (κ3) is 3.61. The molecule has 3 aromatic rings. The standard InChI is InChI=1S/C24H19BrN2O4/c1-14-13-16(7-8-17(14)25)22(28)20-21(15-9-11-26-12-10-15)27(24(30)23(20)29)18-5-3-4-6-19(18)31-2/h3-13,21,28H,1-2H3/b22-20-. The number of carbonyl (C=O) groups excluding carboxylic acids is 2. The summed E-state index contributed by atoms with van der Waals surface area (Å²) in [6, 6.07) is 14.8. The normalized spacial score (nSPS) is 17.8. The van der Waals surface area contributed by atoms with Crippen LogP contribution in [-0.2, 0) is 9.59 Å². The summed E-state index contributed by atoms with van der Waals surface area (Å²) in [4.78, 5) is 31.7. The molecule has 6 nitrogen and oxygen atoms in total. The second kappa shape index (κ2) is 8.35. The predicted octanol–water partition coefficient (Wildman–Crippen LogP) is 4.79. The summed E-state index contributed by atoms with van der Waals surface area (Å²) >= 11 is 3.44. The van der Waals surface area contributed by atoms with E-state index in [9.17, 15) is 14.7 Å². The molecule has 0 radical (unpaired) electrons. The van der Waals surface area contributed by atoms with Crippen LogP contribution in [0.4, 0.5) is 5.69 Å². The minimum Gasteiger partial charge on any atom is -0.507 e. The fourth-order valence-corrected chi connectivity index (χ4v) is 3.97. The molecule has 2 heterocycles. The molecule has 31 heavy (non-hydrogen) atoms. The largest absolute Gasteiger partial charge is 0.507 e. The van der Waals surface area contributed by atoms with Crippen molar-refractivity contribution in [2.75, 3.05) is 12.0 Å². The maximum atomic E-state index is 13.2. The van der Waals surface area contributed by atoms with Crippen LogP contribution in [-0.4, -0.2) is 28.9 Å². The van der Waals surface area contributed by atoms with Crippen molar-refractivity contribution in [3.05, 3.63) is 93.7 Å². The number of rotatable bonds is 4. The number of nitrogens with zero attached hydrogens (tertiary/aromatic N) is 2. The Morgan fingerprint density at radius 1 is 1.10 bits per heavy atom. The number of aromatic nitrogens is 1. The number of benzene rings is 2. The highest BCUT2D eigenvalue weighted by Gasteiger charge is 2.47. The van der Waals surface area contributed by atoms with Gasteiger partial charge in [-0.3, -0.25) is 19.5 Å². The third-order valence-electron chi connectivity index (χ3n) is 5.24. The molecule has 4 rings (SSSR count). The van der Waals surface area contributed by atoms with Crippen molar-refractivity contribution >= 4 is 39.1 Å². The quantitative estimate of drug-likeness (QED) is 0.331. The van der Waals surface area contributed by atoms with Gasteiger partial charge < -0.3 is 9.84 Å². The van der Waals surface area contributed by atoms with Gasteiger partial charge in [0, 0.05) is 22.4 Å². The van der Waals surface area contributed by atoms with Gasteiger partial charge in [-0.05, 0) is 54.4 Å². The monoisotopic (exact) mass is 478 g/mol. The van der Waals surface area contributed by atoms with E-state index in [1.807, 2.05) is 6.92 Å². The summed E-state index contributed by atoms with van der Waals surface area (Å²) < 4.78 is 6.31. The summed E-state index contributed by atoms with van der Waals surface area (Å²) in [5.41, 5.74) is 2.46. The second-order valence-corrected chi connectivity index (χ2v) is 7.94. The number of pyridine rings is 1. The molecule has 0 saturated carbocycles. The molecule has 1 N–H and O–H groups in total. The van der Waals surface area contributed by atoms with E-state index >= 15 is 0 Å². The molecule has 2 aromatic carbocycles. The summed E-state index contributed by atoms with van der Waals surface area (Å²) in [6.07, 6.45) is 3.17. The molecule has 1 amide bonds. The molecule has 0 bridgehead atoms. The predicted molar refractivity (Wildman–Crippen MR) is 121 cm³/mol. The minimum absolute atomic E-state index is 0.0174. The first kappa shape index (κ1) is 20.8. The van der Waals surface area contributed by atoms with E-state index in [-0.39, 0.29) is 11.3 Å². The van der Waals surface area contributed by atoms with Crippen LogP contribution in [0.5, 0.6) is 5.75 Å². The van der Waals surface area contributed by atoms with Gasteiger partial charge in [0.25, 0.3) is 11.7 Å². The zero-order valence-corrected chi connectivity index (χ0v) is 18.5. The molecule has 1 atom stereocenters. The number of carbonyl (C=O) groups is 2. The van der Waals surface area contributed by atoms with Crippen molar-refractivity contribution in [2.45, 2.75) is 13.0 Å². The Morgan fingerprint density at radius 2 is 1.81 bits per heavy atom. The SMILES string of the molecule is COc1ccccc1N1C(=O)C(=O)/C(=C(\O)c2ccc(Br)c(C)c2)C1c1ccncc1. The highest BCUT2D eigenvalue weighted by atomic mass is 79.9. The molecule has 0 spiro atoms. The van der Waals surface area contributed by atoms with E-state index in [0.29, 0.717) is 22.6 Å². The Bertz CT molecular complexity index is 1210. The summed E-state index contributed by atoms with van der Waals surface area (Å²) in [6.45, 7) is 1.88. The fraction of sp³-hybridized carbons (Fsp3) is 0.125. The molecule has 1 saturated heterocycles. The Hall–Kier alpha value is -3.45. The number of para-hydroxylation sites is 2. The van der Waals surface area contributed by atoms with Gasteiger partial charge in [0.2, 0.25) is 0 Å². The van der Waals surface area contributed by atoms with Gasteiger partial charge in [0.05, 0.1) is 24.4 Å². The number of Topliss-reactive ketones (excluding diaryl/α,β-unsaturated/α-hetero) is 1. The van der Waals surface area contributed by atoms with Crippen LogP contribution in [0, 0.1) is 6.92 Å². The number of methoxy groups -OCH3 is 1. The first-order valence-electron chi connectivity index (χ1n) is 9.54. The van der Waals surface area contributed by atoms with Gasteiger partial charge in [-0.2, -0.15) is 0 Å². The summed E-state index contributed by atoms with van der Waals surface area (Å²) in [5.74, 6) is -1.27. The zero-order chi connectivity index (χ0) is 22.1. The van der Waals surface area contributed by atoms with Gasteiger partial charge in [0.15, 0.2) is 0 Å². The van der Waals surface area contributed by atoms with Crippen molar-refractivity contribution in [2.24, 2.45) is 0 Å². The van der Waals surface area contributed by atoms with Crippen molar-refractivity contribution < 1.29 is 19.4 Å². The molecular weight excluding hydrogens is 460 g/mol. The lowest BCUT2D eigenvalue weighted by atomic mass is 9.95. The van der Waals surface area contributed by atoms with Gasteiger partial charge in [-0.1, -0.05) is 34.1 Å². The van der Waals surface area contributed by atoms with Gasteiger partial charge >= 0.3 is 0 Å². The molecule has 7 heteroatoms. The second-order valence-electron chi connectivity index (χ2n) is 7.09. The Labute approximate surface area is 187 Å². The molecule has 1 aliphatic heterocycles. The number of aliphatic hydroxyl groups excluding tert-OH is 1. The lowest BCUT2D eigenvalue weighted by Gasteiger charge is -2.26. The lowest BCUT2D eigenvalue weighted by Crippen LogP contribution is -2.29. The lowest BCUT2D eigenvalue weighted by molar-refractivity contribution is -0.132. The fourth-order valence-electron chi connectivity index (χ4n) is 3.72. The van der Waals surface area contributed by atoms with Crippen molar-refractivity contribution in [3.8, 4) is 5.75 Å².